The highest BCUT2D eigenvalue weighted by atomic mass is 35.5. The van der Waals surface area contributed by atoms with E-state index in [9.17, 15) is 22.0 Å². The molecule has 0 amide bonds. The van der Waals surface area contributed by atoms with Gasteiger partial charge >= 0.3 is 6.18 Å². The fraction of sp³-hybridized carbons (Fsp3) is 0.375. The molecular formula is C8H4Cl2F5N. The molecule has 0 fully saturated rings. The van der Waals surface area contributed by atoms with Gasteiger partial charge in [0.05, 0.1) is 5.02 Å². The Morgan fingerprint density at radius 1 is 1.31 bits per heavy atom. The first-order valence-corrected chi connectivity index (χ1v) is 4.79. The zero-order valence-corrected chi connectivity index (χ0v) is 8.97. The van der Waals surface area contributed by atoms with E-state index >= 15 is 0 Å². The van der Waals surface area contributed by atoms with Crippen molar-refractivity contribution < 1.29 is 22.0 Å². The first-order valence-electron chi connectivity index (χ1n) is 3.88. The highest BCUT2D eigenvalue weighted by molar-refractivity contribution is 6.32. The maximum Gasteiger partial charge on any atom is 0.434 e. The van der Waals surface area contributed by atoms with Crippen LogP contribution in [0.4, 0.5) is 22.0 Å². The standard InChI is InChI=1S/C8H4Cl2F5N/c9-2-3-1-4(7(11)12)16-6(5(3)10)8(13,14)15/h1,7H,2H2. The summed E-state index contributed by atoms with van der Waals surface area (Å²) >= 11 is 10.7. The minimum absolute atomic E-state index is 0.221. The van der Waals surface area contributed by atoms with Gasteiger partial charge in [-0.05, 0) is 11.6 Å². The zero-order chi connectivity index (χ0) is 12.5. The Labute approximate surface area is 97.2 Å². The van der Waals surface area contributed by atoms with Crippen LogP contribution in [0.25, 0.3) is 0 Å². The molecule has 1 aromatic rings. The predicted octanol–water partition coefficient (Wildman–Crippen LogP) is 4.43. The molecule has 0 radical (unpaired) electrons. The van der Waals surface area contributed by atoms with Crippen molar-refractivity contribution >= 4 is 23.2 Å². The molecule has 0 saturated heterocycles. The van der Waals surface area contributed by atoms with Gasteiger partial charge in [-0.2, -0.15) is 13.2 Å². The summed E-state index contributed by atoms with van der Waals surface area (Å²) in [4.78, 5) is 2.79. The summed E-state index contributed by atoms with van der Waals surface area (Å²) in [5, 5.41) is -0.744. The van der Waals surface area contributed by atoms with E-state index in [4.69, 9.17) is 23.2 Å². The molecule has 1 aromatic heterocycles. The summed E-state index contributed by atoms with van der Waals surface area (Å²) in [5.41, 5.74) is -2.75. The number of aromatic nitrogens is 1. The van der Waals surface area contributed by atoms with Gasteiger partial charge in [-0.3, -0.25) is 0 Å². The van der Waals surface area contributed by atoms with Crippen LogP contribution < -0.4 is 0 Å². The van der Waals surface area contributed by atoms with Crippen molar-refractivity contribution in [1.29, 1.82) is 0 Å². The average molecular weight is 280 g/mol. The first kappa shape index (κ1) is 13.4. The third-order valence-electron chi connectivity index (χ3n) is 1.69. The maximum absolute atomic E-state index is 12.4. The van der Waals surface area contributed by atoms with Crippen LogP contribution >= 0.6 is 23.2 Å². The summed E-state index contributed by atoms with van der Waals surface area (Å²) in [7, 11) is 0. The van der Waals surface area contributed by atoms with Crippen LogP contribution in [-0.2, 0) is 12.1 Å². The van der Waals surface area contributed by atoms with Crippen LogP contribution in [0.15, 0.2) is 6.07 Å². The third-order valence-corrected chi connectivity index (χ3v) is 2.40. The molecule has 0 aliphatic heterocycles. The smallest absolute Gasteiger partial charge is 0.241 e. The summed E-state index contributed by atoms with van der Waals surface area (Å²) in [6, 6.07) is 0.759. The molecule has 1 heterocycles. The molecule has 0 bridgehead atoms. The van der Waals surface area contributed by atoms with Crippen molar-refractivity contribution in [3.05, 3.63) is 28.0 Å². The molecule has 0 saturated carbocycles. The van der Waals surface area contributed by atoms with Gasteiger partial charge in [0.15, 0.2) is 5.69 Å². The zero-order valence-electron chi connectivity index (χ0n) is 7.45. The topological polar surface area (TPSA) is 12.9 Å². The van der Waals surface area contributed by atoms with Gasteiger partial charge in [0, 0.05) is 5.88 Å². The van der Waals surface area contributed by atoms with Crippen LogP contribution in [0.5, 0.6) is 0 Å². The number of hydrogen-bond donors (Lipinski definition) is 0. The summed E-state index contributed by atoms with van der Waals surface area (Å²) < 4.78 is 61.7. The molecule has 90 valence electrons. The van der Waals surface area contributed by atoms with E-state index in [1.54, 1.807) is 0 Å². The van der Waals surface area contributed by atoms with Gasteiger partial charge < -0.3 is 0 Å². The Bertz CT molecular complexity index is 391. The Morgan fingerprint density at radius 3 is 2.25 bits per heavy atom. The molecule has 1 nitrogen and oxygen atoms in total. The van der Waals surface area contributed by atoms with E-state index in [0.717, 1.165) is 6.07 Å². The number of hydrogen-bond acceptors (Lipinski definition) is 1. The van der Waals surface area contributed by atoms with Gasteiger partial charge in [-0.1, -0.05) is 11.6 Å². The van der Waals surface area contributed by atoms with Crippen LogP contribution in [0.3, 0.4) is 0 Å². The summed E-state index contributed by atoms with van der Waals surface area (Å²) in [6.07, 6.45) is -8.00. The van der Waals surface area contributed by atoms with Gasteiger partial charge in [-0.25, -0.2) is 13.8 Å². The Kier molecular flexibility index (Phi) is 3.96. The van der Waals surface area contributed by atoms with Crippen molar-refractivity contribution in [3.8, 4) is 0 Å². The second kappa shape index (κ2) is 4.71. The van der Waals surface area contributed by atoms with E-state index in [2.05, 4.69) is 4.98 Å². The number of halogens is 7. The maximum atomic E-state index is 12.4. The van der Waals surface area contributed by atoms with Crippen molar-refractivity contribution in [2.24, 2.45) is 0 Å². The van der Waals surface area contributed by atoms with E-state index in [-0.39, 0.29) is 5.56 Å². The van der Waals surface area contributed by atoms with Crippen molar-refractivity contribution in [1.82, 2.24) is 4.98 Å². The largest absolute Gasteiger partial charge is 0.434 e. The van der Waals surface area contributed by atoms with Crippen LogP contribution in [-0.4, -0.2) is 4.98 Å². The highest BCUT2D eigenvalue weighted by Gasteiger charge is 2.37. The Balaban J connectivity index is 3.42. The van der Waals surface area contributed by atoms with Crippen molar-refractivity contribution in [2.75, 3.05) is 0 Å². The van der Waals surface area contributed by atoms with E-state index < -0.39 is 34.9 Å². The quantitative estimate of drug-likeness (QED) is 0.576. The number of rotatable bonds is 2. The number of nitrogens with zero attached hydrogens (tertiary/aromatic N) is 1. The number of pyridine rings is 1. The lowest BCUT2D eigenvalue weighted by atomic mass is 10.2. The monoisotopic (exact) mass is 279 g/mol. The molecule has 1 rings (SSSR count). The SMILES string of the molecule is FC(F)c1cc(CCl)c(Cl)c(C(F)(F)F)n1. The molecule has 0 N–H and O–H groups in total. The molecular weight excluding hydrogens is 276 g/mol. The van der Waals surface area contributed by atoms with E-state index in [0.29, 0.717) is 0 Å². The first-order chi connectivity index (χ1) is 7.27. The average Bonchev–Trinajstić information content (AvgIpc) is 2.15. The summed E-state index contributed by atoms with van der Waals surface area (Å²) in [5.74, 6) is -0.399. The van der Waals surface area contributed by atoms with Gasteiger partial charge in [0.2, 0.25) is 0 Å². The molecule has 0 spiro atoms. The Hall–Kier alpha value is -0.620. The predicted molar refractivity (Wildman–Crippen MR) is 48.8 cm³/mol. The van der Waals surface area contributed by atoms with Crippen LogP contribution in [0.2, 0.25) is 5.02 Å². The van der Waals surface area contributed by atoms with Crippen molar-refractivity contribution in [3.63, 3.8) is 0 Å². The fourth-order valence-corrected chi connectivity index (χ4v) is 1.55. The molecule has 0 atom stereocenters. The highest BCUT2D eigenvalue weighted by Crippen LogP contribution is 2.37. The minimum atomic E-state index is -4.89. The van der Waals surface area contributed by atoms with Gasteiger partial charge in [0.25, 0.3) is 6.43 Å². The van der Waals surface area contributed by atoms with E-state index in [1.807, 2.05) is 0 Å². The van der Waals surface area contributed by atoms with Crippen LogP contribution in [0, 0.1) is 0 Å². The second-order valence-corrected chi connectivity index (χ2v) is 3.45. The van der Waals surface area contributed by atoms with E-state index in [1.165, 1.54) is 0 Å². The molecule has 8 heteroatoms. The lowest BCUT2D eigenvalue weighted by Gasteiger charge is -2.12. The Morgan fingerprint density at radius 2 is 1.88 bits per heavy atom. The molecule has 0 aliphatic rings. The minimum Gasteiger partial charge on any atom is -0.241 e. The lowest BCUT2D eigenvalue weighted by molar-refractivity contribution is -0.141. The molecule has 0 aromatic carbocycles. The fourth-order valence-electron chi connectivity index (χ4n) is 1.00. The number of alkyl halides is 6. The molecule has 0 unspecified atom stereocenters. The molecule has 16 heavy (non-hydrogen) atoms. The second-order valence-electron chi connectivity index (χ2n) is 2.80. The van der Waals surface area contributed by atoms with Crippen molar-refractivity contribution in [2.45, 2.75) is 18.5 Å². The normalized spacial score (nSPS) is 12.2. The van der Waals surface area contributed by atoms with Crippen LogP contribution in [0.1, 0.15) is 23.4 Å². The van der Waals surface area contributed by atoms with Gasteiger partial charge in [-0.15, -0.1) is 11.6 Å². The summed E-state index contributed by atoms with van der Waals surface area (Å²) in [6.45, 7) is 0. The lowest BCUT2D eigenvalue weighted by Crippen LogP contribution is -2.12. The molecule has 0 aliphatic carbocycles. The third kappa shape index (κ3) is 2.74. The van der Waals surface area contributed by atoms with Gasteiger partial charge in [0.1, 0.15) is 5.69 Å².